The summed E-state index contributed by atoms with van der Waals surface area (Å²) in [5.74, 6) is -0.405. The van der Waals surface area contributed by atoms with Gasteiger partial charge in [0.15, 0.2) is 0 Å². The molecule has 1 aromatic rings. The van der Waals surface area contributed by atoms with Crippen LogP contribution in [0, 0.1) is 0 Å². The van der Waals surface area contributed by atoms with Crippen molar-refractivity contribution in [3.63, 3.8) is 0 Å². The van der Waals surface area contributed by atoms with Gasteiger partial charge in [-0.1, -0.05) is 155 Å². The molecule has 2 atom stereocenters. The molecule has 2 N–H and O–H groups in total. The molecule has 0 aromatic carbocycles. The largest absolute Gasteiger partial charge is 0.444 e. The minimum atomic E-state index is -1.00. The number of hydrogen-bond donors (Lipinski definition) is 2. The lowest BCUT2D eigenvalue weighted by Gasteiger charge is -2.24. The van der Waals surface area contributed by atoms with Crippen molar-refractivity contribution in [1.29, 1.82) is 0 Å². The van der Waals surface area contributed by atoms with Crippen LogP contribution < -0.4 is 10.6 Å². The number of aromatic nitrogens is 2. The quantitative estimate of drug-likeness (QED) is 0.0647. The lowest BCUT2D eigenvalue weighted by Crippen LogP contribution is -2.51. The van der Waals surface area contributed by atoms with Crippen molar-refractivity contribution in [3.8, 4) is 0 Å². The Morgan fingerprint density at radius 2 is 1.09 bits per heavy atom. The number of hydrogen-bond acceptors (Lipinski definition) is 8. The van der Waals surface area contributed by atoms with Gasteiger partial charge < -0.3 is 29.6 Å². The van der Waals surface area contributed by atoms with Gasteiger partial charge in [0.2, 0.25) is 5.91 Å². The van der Waals surface area contributed by atoms with Gasteiger partial charge in [-0.15, -0.1) is 0 Å². The molecule has 0 saturated heterocycles. The number of alkyl carbamates (subject to hydrolysis) is 1. The molecular formula is C47H88N4O7. The summed E-state index contributed by atoms with van der Waals surface area (Å²) in [6, 6.07) is -1.00. The van der Waals surface area contributed by atoms with E-state index in [1.165, 1.54) is 146 Å². The van der Waals surface area contributed by atoms with Crippen LogP contribution in [0.25, 0.3) is 0 Å². The third-order valence-corrected chi connectivity index (χ3v) is 9.96. The van der Waals surface area contributed by atoms with Crippen LogP contribution in [0.2, 0.25) is 0 Å². The van der Waals surface area contributed by atoms with Crippen molar-refractivity contribution in [2.75, 3.05) is 26.4 Å². The lowest BCUT2D eigenvalue weighted by atomic mass is 10.1. The van der Waals surface area contributed by atoms with Gasteiger partial charge in [-0.25, -0.2) is 19.1 Å². The van der Waals surface area contributed by atoms with E-state index in [0.717, 1.165) is 25.7 Å². The first-order valence-corrected chi connectivity index (χ1v) is 23.5. The Morgan fingerprint density at radius 1 is 0.638 bits per heavy atom. The summed E-state index contributed by atoms with van der Waals surface area (Å²) in [4.78, 5) is 43.4. The molecule has 0 bridgehead atoms. The molecule has 2 amide bonds. The summed E-state index contributed by atoms with van der Waals surface area (Å²) in [6.45, 7) is 17.0. The highest BCUT2D eigenvalue weighted by Crippen LogP contribution is 2.15. The lowest BCUT2D eigenvalue weighted by molar-refractivity contribution is -0.124. The number of ether oxygens (including phenoxy) is 4. The van der Waals surface area contributed by atoms with E-state index in [2.05, 4.69) is 29.5 Å². The molecule has 338 valence electrons. The van der Waals surface area contributed by atoms with Gasteiger partial charge in [0.25, 0.3) is 0 Å². The molecule has 1 rings (SSSR count). The number of carbonyl (C=O) groups is 3. The van der Waals surface area contributed by atoms with Crippen LogP contribution in [-0.4, -0.2) is 77.4 Å². The second-order valence-electron chi connectivity index (χ2n) is 18.2. The van der Waals surface area contributed by atoms with Gasteiger partial charge in [0.05, 0.1) is 18.4 Å². The zero-order valence-electron chi connectivity index (χ0n) is 38.6. The van der Waals surface area contributed by atoms with Gasteiger partial charge in [-0.05, 0) is 54.4 Å². The van der Waals surface area contributed by atoms with Crippen LogP contribution in [0.5, 0.6) is 0 Å². The van der Waals surface area contributed by atoms with Crippen molar-refractivity contribution in [1.82, 2.24) is 20.2 Å². The number of unbranched alkanes of at least 4 members (excludes halogenated alkanes) is 22. The number of carbonyl (C=O) groups excluding carboxylic acids is 3. The molecule has 58 heavy (non-hydrogen) atoms. The normalized spacial score (nSPS) is 13.0. The van der Waals surface area contributed by atoms with E-state index in [1.807, 2.05) is 0 Å². The summed E-state index contributed by atoms with van der Waals surface area (Å²) in [6.07, 6.45) is 32.1. The monoisotopic (exact) mass is 821 g/mol. The Balaban J connectivity index is 2.69. The van der Waals surface area contributed by atoms with Gasteiger partial charge in [-0.2, -0.15) is 0 Å². The number of imidazole rings is 1. The van der Waals surface area contributed by atoms with E-state index in [1.54, 1.807) is 41.5 Å². The number of nitrogens with zero attached hydrogens (tertiary/aromatic N) is 2. The van der Waals surface area contributed by atoms with Crippen molar-refractivity contribution in [3.05, 3.63) is 18.2 Å². The Bertz CT molecular complexity index is 1180. The van der Waals surface area contributed by atoms with Crippen LogP contribution in [0.4, 0.5) is 9.59 Å². The molecule has 1 unspecified atom stereocenters. The van der Waals surface area contributed by atoms with E-state index < -0.39 is 35.3 Å². The second-order valence-corrected chi connectivity index (χ2v) is 18.2. The standard InChI is InChI=1S/C47H88N4O7/c1-9-11-13-15-17-19-21-23-25-27-29-31-33-55-38-41(56-34-32-30-28-26-24-22-20-18-16-14-12-10-2)36-48-43(52)42(50-44(53)57-46(3,4)5)35-40-37-51(39-49-40)45(54)58-47(6,7)8/h37,39,41-42H,9-36,38H2,1-8H3,(H,48,52)(H,50,53)/t41?,42-/m0/s1. The molecular weight excluding hydrogens is 733 g/mol. The second kappa shape index (κ2) is 33.1. The van der Waals surface area contributed by atoms with Gasteiger partial charge in [0, 0.05) is 32.4 Å². The molecule has 0 spiro atoms. The van der Waals surface area contributed by atoms with Crippen molar-refractivity contribution in [2.24, 2.45) is 0 Å². The molecule has 0 fully saturated rings. The summed E-state index contributed by atoms with van der Waals surface area (Å²) in [7, 11) is 0. The first-order chi connectivity index (χ1) is 27.7. The van der Waals surface area contributed by atoms with Crippen LogP contribution in [-0.2, 0) is 30.2 Å². The highest BCUT2D eigenvalue weighted by molar-refractivity contribution is 5.86. The van der Waals surface area contributed by atoms with Crippen LogP contribution in [0.15, 0.2) is 12.5 Å². The molecule has 0 radical (unpaired) electrons. The fourth-order valence-electron chi connectivity index (χ4n) is 6.71. The molecule has 0 aliphatic carbocycles. The third kappa shape index (κ3) is 31.3. The molecule has 0 saturated carbocycles. The van der Waals surface area contributed by atoms with E-state index in [-0.39, 0.29) is 19.1 Å². The minimum absolute atomic E-state index is 0.0424. The number of nitrogens with one attached hydrogen (secondary N) is 2. The summed E-state index contributed by atoms with van der Waals surface area (Å²) in [5, 5.41) is 5.69. The van der Waals surface area contributed by atoms with Crippen molar-refractivity contribution < 1.29 is 33.3 Å². The first-order valence-electron chi connectivity index (χ1n) is 23.5. The zero-order chi connectivity index (χ0) is 42.9. The summed E-state index contributed by atoms with van der Waals surface area (Å²) in [5.41, 5.74) is -0.988. The van der Waals surface area contributed by atoms with E-state index in [9.17, 15) is 14.4 Å². The summed E-state index contributed by atoms with van der Waals surface area (Å²) < 4.78 is 24.5. The molecule has 11 heteroatoms. The summed E-state index contributed by atoms with van der Waals surface area (Å²) >= 11 is 0. The number of rotatable bonds is 35. The maximum atomic E-state index is 13.7. The third-order valence-electron chi connectivity index (χ3n) is 9.96. The van der Waals surface area contributed by atoms with E-state index >= 15 is 0 Å². The Kier molecular flexibility index (Phi) is 30.5. The van der Waals surface area contributed by atoms with Crippen molar-refractivity contribution in [2.45, 2.75) is 239 Å². The average molecular weight is 821 g/mol. The van der Waals surface area contributed by atoms with Crippen LogP contribution in [0.3, 0.4) is 0 Å². The van der Waals surface area contributed by atoms with Gasteiger partial charge >= 0.3 is 12.2 Å². The molecule has 0 aliphatic rings. The zero-order valence-corrected chi connectivity index (χ0v) is 38.6. The fraction of sp³-hybridized carbons (Fsp3) is 0.872. The minimum Gasteiger partial charge on any atom is -0.444 e. The Morgan fingerprint density at radius 3 is 1.55 bits per heavy atom. The van der Waals surface area contributed by atoms with E-state index in [4.69, 9.17) is 18.9 Å². The SMILES string of the molecule is CCCCCCCCCCCCCCOCC(CNC(=O)[C@H](Cc1cn(C(=O)OC(C)(C)C)cn1)NC(=O)OC(C)(C)C)OCCCCCCCCCCCCCC. The predicted molar refractivity (Wildman–Crippen MR) is 236 cm³/mol. The Labute approximate surface area is 354 Å². The topological polar surface area (TPSA) is 130 Å². The molecule has 1 heterocycles. The van der Waals surface area contributed by atoms with E-state index in [0.29, 0.717) is 25.5 Å². The van der Waals surface area contributed by atoms with Crippen molar-refractivity contribution >= 4 is 18.1 Å². The smallest absolute Gasteiger partial charge is 0.419 e. The molecule has 11 nitrogen and oxygen atoms in total. The van der Waals surface area contributed by atoms with Crippen LogP contribution in [0.1, 0.15) is 215 Å². The van der Waals surface area contributed by atoms with Crippen LogP contribution >= 0.6 is 0 Å². The average Bonchev–Trinajstić information content (AvgIpc) is 3.62. The maximum absolute atomic E-state index is 13.7. The molecule has 0 aliphatic heterocycles. The maximum Gasteiger partial charge on any atom is 0.419 e. The van der Waals surface area contributed by atoms with Gasteiger partial charge in [0.1, 0.15) is 23.6 Å². The first kappa shape index (κ1) is 53.4. The predicted octanol–water partition coefficient (Wildman–Crippen LogP) is 12.0. The fourth-order valence-corrected chi connectivity index (χ4v) is 6.71. The highest BCUT2D eigenvalue weighted by atomic mass is 16.6. The van der Waals surface area contributed by atoms with Gasteiger partial charge in [-0.3, -0.25) is 4.79 Å². The highest BCUT2D eigenvalue weighted by Gasteiger charge is 2.27. The Hall–Kier alpha value is -2.66. The molecule has 1 aromatic heterocycles. The number of amides is 2.